The monoisotopic (exact) mass is 483 g/mol. The van der Waals surface area contributed by atoms with Crippen molar-refractivity contribution in [3.05, 3.63) is 48.0 Å². The highest BCUT2D eigenvalue weighted by atomic mass is 16.8. The van der Waals surface area contributed by atoms with E-state index in [-0.39, 0.29) is 24.3 Å². The maximum absolute atomic E-state index is 13.2. The third kappa shape index (κ3) is 4.69. The molecule has 2 amide bonds. The number of hydrogen-bond donors (Lipinski definition) is 1. The molecule has 3 aliphatic heterocycles. The number of amides is 2. The van der Waals surface area contributed by atoms with E-state index in [0.717, 1.165) is 12.8 Å². The maximum atomic E-state index is 13.2. The molecule has 2 aromatic rings. The molecule has 5 rings (SSSR count). The molecule has 2 aromatic carbocycles. The first-order valence-corrected chi connectivity index (χ1v) is 12.0. The number of anilines is 1. The molecule has 9 heteroatoms. The Hall–Kier alpha value is -2.85. The zero-order chi connectivity index (χ0) is 24.7. The second-order valence-electron chi connectivity index (χ2n) is 9.61. The fourth-order valence-electron chi connectivity index (χ4n) is 4.97. The van der Waals surface area contributed by atoms with Crippen LogP contribution in [0.3, 0.4) is 0 Å². The molecular weight excluding hydrogens is 450 g/mol. The Morgan fingerprint density at radius 3 is 2.57 bits per heavy atom. The van der Waals surface area contributed by atoms with Crippen LogP contribution in [0.1, 0.15) is 32.8 Å². The van der Waals surface area contributed by atoms with E-state index in [0.29, 0.717) is 29.5 Å². The first-order valence-electron chi connectivity index (χ1n) is 12.0. The van der Waals surface area contributed by atoms with Crippen LogP contribution in [-0.4, -0.2) is 67.1 Å². The first kappa shape index (κ1) is 23.9. The Labute approximate surface area is 205 Å². The van der Waals surface area contributed by atoms with Crippen molar-refractivity contribution in [2.75, 3.05) is 26.0 Å². The van der Waals surface area contributed by atoms with E-state index >= 15 is 0 Å². The molecule has 9 nitrogen and oxygen atoms in total. The summed E-state index contributed by atoms with van der Waals surface area (Å²) < 4.78 is 29.7. The first-order chi connectivity index (χ1) is 16.8. The molecule has 3 fully saturated rings. The van der Waals surface area contributed by atoms with Crippen LogP contribution in [0.15, 0.2) is 42.5 Å². The van der Waals surface area contributed by atoms with Crippen molar-refractivity contribution >= 4 is 11.7 Å². The van der Waals surface area contributed by atoms with E-state index in [1.54, 1.807) is 24.3 Å². The number of likely N-dealkylation sites (N-methyl/N-ethyl adjacent to an activating group) is 1. The van der Waals surface area contributed by atoms with Gasteiger partial charge in [-0.1, -0.05) is 19.4 Å². The van der Waals surface area contributed by atoms with Crippen molar-refractivity contribution in [3.8, 4) is 17.2 Å². The largest absolute Gasteiger partial charge is 0.493 e. The number of ether oxygens (including phenoxy) is 5. The molecule has 0 spiro atoms. The molecule has 0 radical (unpaired) electrons. The van der Waals surface area contributed by atoms with Crippen molar-refractivity contribution < 1.29 is 28.5 Å². The summed E-state index contributed by atoms with van der Waals surface area (Å²) in [5.74, 6) is 1.28. The number of aryl methyl sites for hydroxylation is 1. The highest BCUT2D eigenvalue weighted by Gasteiger charge is 2.61. The smallest absolute Gasteiger partial charge is 0.338 e. The lowest BCUT2D eigenvalue weighted by molar-refractivity contribution is -0.247. The van der Waals surface area contributed by atoms with E-state index in [9.17, 15) is 4.79 Å². The van der Waals surface area contributed by atoms with Gasteiger partial charge in [0.25, 0.3) is 0 Å². The molecule has 188 valence electrons. The van der Waals surface area contributed by atoms with Crippen LogP contribution < -0.4 is 14.8 Å². The van der Waals surface area contributed by atoms with Crippen molar-refractivity contribution in [2.24, 2.45) is 0 Å². The van der Waals surface area contributed by atoms with Gasteiger partial charge in [-0.15, -0.1) is 0 Å². The van der Waals surface area contributed by atoms with Crippen LogP contribution in [0.5, 0.6) is 17.2 Å². The van der Waals surface area contributed by atoms with Crippen LogP contribution in [0, 0.1) is 0 Å². The average molecular weight is 484 g/mol. The lowest BCUT2D eigenvalue weighted by Crippen LogP contribution is -2.59. The fraction of sp³-hybridized carbons (Fsp3) is 0.500. The molecule has 0 aliphatic carbocycles. The van der Waals surface area contributed by atoms with Gasteiger partial charge in [0, 0.05) is 19.3 Å². The highest BCUT2D eigenvalue weighted by Crippen LogP contribution is 2.42. The number of nitrogens with one attached hydrogen (secondary N) is 1. The van der Waals surface area contributed by atoms with Crippen LogP contribution in [-0.2, 0) is 20.6 Å². The van der Waals surface area contributed by atoms with E-state index in [4.69, 9.17) is 23.7 Å². The topological polar surface area (TPSA) is 81.7 Å². The van der Waals surface area contributed by atoms with Gasteiger partial charge in [0.1, 0.15) is 24.1 Å². The van der Waals surface area contributed by atoms with Gasteiger partial charge in [-0.25, -0.2) is 14.8 Å². The minimum atomic E-state index is -0.692. The predicted molar refractivity (Wildman–Crippen MR) is 129 cm³/mol. The number of rotatable bonds is 6. The molecule has 2 bridgehead atoms. The standard InChI is InChI=1S/C26H33N3O6/c1-6-7-16-8-13-19(20(14-16)31-5)32-18-11-9-17(10-12-18)27-25(30)29-24-23-22(34-26(2,3)35-23)21(33-24)15-28(29)4/h8-14,21-24H,6-7,15H2,1-5H3,(H,27,30)/t21-,22-,23-,24-/m1/s1. The van der Waals surface area contributed by atoms with Crippen molar-refractivity contribution in [2.45, 2.75) is 63.9 Å². The van der Waals surface area contributed by atoms with E-state index in [1.165, 1.54) is 5.56 Å². The van der Waals surface area contributed by atoms with Gasteiger partial charge in [0.15, 0.2) is 23.5 Å². The Kier molecular flexibility index (Phi) is 6.35. The zero-order valence-corrected chi connectivity index (χ0v) is 20.8. The number of methoxy groups -OCH3 is 1. The van der Waals surface area contributed by atoms with E-state index in [1.807, 2.05) is 56.2 Å². The molecule has 3 heterocycles. The fourth-order valence-corrected chi connectivity index (χ4v) is 4.97. The summed E-state index contributed by atoms with van der Waals surface area (Å²) in [7, 11) is 3.50. The number of carbonyl (C=O) groups is 1. The van der Waals surface area contributed by atoms with E-state index < -0.39 is 12.0 Å². The molecular formula is C26H33N3O6. The molecule has 0 unspecified atom stereocenters. The highest BCUT2D eigenvalue weighted by molar-refractivity contribution is 5.89. The summed E-state index contributed by atoms with van der Waals surface area (Å²) in [6.07, 6.45) is 0.848. The number of carbonyl (C=O) groups excluding carboxylic acids is 1. The normalized spacial score (nSPS) is 26.9. The molecule has 0 aromatic heterocycles. The number of urea groups is 1. The molecule has 3 saturated heterocycles. The summed E-state index contributed by atoms with van der Waals surface area (Å²) in [5, 5.41) is 6.38. The van der Waals surface area contributed by atoms with Gasteiger partial charge in [0.05, 0.1) is 7.11 Å². The summed E-state index contributed by atoms with van der Waals surface area (Å²) in [6.45, 7) is 6.45. The van der Waals surface area contributed by atoms with Crippen LogP contribution in [0.2, 0.25) is 0 Å². The summed E-state index contributed by atoms with van der Waals surface area (Å²) in [6, 6.07) is 12.9. The van der Waals surface area contributed by atoms with Crippen LogP contribution >= 0.6 is 0 Å². The predicted octanol–water partition coefficient (Wildman–Crippen LogP) is 4.38. The lowest BCUT2D eigenvalue weighted by atomic mass is 10.1. The Bertz CT molecular complexity index is 1070. The summed E-state index contributed by atoms with van der Waals surface area (Å²) in [5.41, 5.74) is 1.85. The summed E-state index contributed by atoms with van der Waals surface area (Å²) >= 11 is 0. The van der Waals surface area contributed by atoms with Gasteiger partial charge < -0.3 is 29.0 Å². The lowest BCUT2D eigenvalue weighted by Gasteiger charge is -2.42. The SMILES string of the molecule is CCCc1ccc(Oc2ccc(NC(=O)N3[C@@H]4O[C@H](CN3C)[C@H]3OC(C)(C)O[C@H]34)cc2)c(OC)c1. The van der Waals surface area contributed by atoms with Crippen molar-refractivity contribution in [3.63, 3.8) is 0 Å². The second-order valence-corrected chi connectivity index (χ2v) is 9.61. The molecule has 0 saturated carbocycles. The van der Waals surface area contributed by atoms with Gasteiger partial charge in [-0.2, -0.15) is 0 Å². The van der Waals surface area contributed by atoms with Gasteiger partial charge in [0.2, 0.25) is 0 Å². The number of fused-ring (bicyclic) bond motifs is 5. The Morgan fingerprint density at radius 2 is 1.86 bits per heavy atom. The summed E-state index contributed by atoms with van der Waals surface area (Å²) in [4.78, 5) is 13.2. The van der Waals surface area contributed by atoms with Gasteiger partial charge in [-0.3, -0.25) is 0 Å². The quantitative estimate of drug-likeness (QED) is 0.653. The van der Waals surface area contributed by atoms with Crippen LogP contribution in [0.4, 0.5) is 10.5 Å². The Morgan fingerprint density at radius 1 is 1.11 bits per heavy atom. The third-order valence-corrected chi connectivity index (χ3v) is 6.49. The average Bonchev–Trinajstić information content (AvgIpc) is 3.27. The van der Waals surface area contributed by atoms with E-state index in [2.05, 4.69) is 12.2 Å². The van der Waals surface area contributed by atoms with Crippen molar-refractivity contribution in [1.29, 1.82) is 0 Å². The number of hydrogen-bond acceptors (Lipinski definition) is 7. The Balaban J connectivity index is 1.25. The van der Waals surface area contributed by atoms with Crippen molar-refractivity contribution in [1.82, 2.24) is 10.0 Å². The number of nitrogens with zero attached hydrogens (tertiary/aromatic N) is 2. The molecule has 4 atom stereocenters. The van der Waals surface area contributed by atoms with Gasteiger partial charge in [-0.05, 0) is 62.2 Å². The number of hydrazine groups is 1. The molecule has 35 heavy (non-hydrogen) atoms. The minimum absolute atomic E-state index is 0.134. The molecule has 1 N–H and O–H groups in total. The van der Waals surface area contributed by atoms with Crippen LogP contribution in [0.25, 0.3) is 0 Å². The maximum Gasteiger partial charge on any atom is 0.338 e. The number of benzene rings is 2. The van der Waals surface area contributed by atoms with Gasteiger partial charge >= 0.3 is 6.03 Å². The molecule has 3 aliphatic rings. The third-order valence-electron chi connectivity index (χ3n) is 6.49. The minimum Gasteiger partial charge on any atom is -0.493 e. The second kappa shape index (κ2) is 9.31. The zero-order valence-electron chi connectivity index (χ0n) is 20.8.